The zero-order valence-corrected chi connectivity index (χ0v) is 11.7. The Morgan fingerprint density at radius 1 is 1.10 bits per heavy atom. The van der Waals surface area contributed by atoms with Crippen molar-refractivity contribution in [1.29, 1.82) is 5.26 Å². The standard InChI is InChI=1S/C13H11N3O2.C2H6/c1-16(17)13-7-6-12(9-15-13)18-11-4-2-10(8-14)3-5-11;1-2/h2-7,9,17H,1H3;1-2H3. The molecule has 0 saturated heterocycles. The number of ether oxygens (including phenoxy) is 1. The highest BCUT2D eigenvalue weighted by molar-refractivity contribution is 5.40. The topological polar surface area (TPSA) is 69.4 Å². The summed E-state index contributed by atoms with van der Waals surface area (Å²) in [6, 6.07) is 12.2. The average molecular weight is 271 g/mol. The van der Waals surface area contributed by atoms with Gasteiger partial charge < -0.3 is 4.74 Å². The van der Waals surface area contributed by atoms with Gasteiger partial charge in [0.1, 0.15) is 11.5 Å². The number of hydrogen-bond donors (Lipinski definition) is 1. The van der Waals surface area contributed by atoms with Crippen molar-refractivity contribution >= 4 is 5.82 Å². The SMILES string of the molecule is CC.CN(O)c1ccc(Oc2ccc(C#N)cc2)cn1. The zero-order chi connectivity index (χ0) is 15.0. The van der Waals surface area contributed by atoms with Gasteiger partial charge in [-0.3, -0.25) is 5.21 Å². The van der Waals surface area contributed by atoms with Crippen molar-refractivity contribution in [3.63, 3.8) is 0 Å². The fourth-order valence-electron chi connectivity index (χ4n) is 1.36. The van der Waals surface area contributed by atoms with Gasteiger partial charge in [-0.1, -0.05) is 13.8 Å². The normalized spacial score (nSPS) is 8.95. The molecule has 5 nitrogen and oxygen atoms in total. The molecule has 1 aromatic heterocycles. The molecule has 0 aliphatic heterocycles. The number of nitriles is 1. The predicted molar refractivity (Wildman–Crippen MR) is 77.0 cm³/mol. The minimum Gasteiger partial charge on any atom is -0.456 e. The molecule has 0 fully saturated rings. The van der Waals surface area contributed by atoms with Crippen molar-refractivity contribution in [2.75, 3.05) is 12.1 Å². The highest BCUT2D eigenvalue weighted by Gasteiger charge is 2.01. The summed E-state index contributed by atoms with van der Waals surface area (Å²) in [5.74, 6) is 1.62. The van der Waals surface area contributed by atoms with Crippen LogP contribution in [0.1, 0.15) is 19.4 Å². The Bertz CT molecular complexity index is 557. The summed E-state index contributed by atoms with van der Waals surface area (Å²) in [7, 11) is 1.49. The average Bonchev–Trinajstić information content (AvgIpc) is 2.50. The number of hydroxylamine groups is 1. The molecule has 0 radical (unpaired) electrons. The summed E-state index contributed by atoms with van der Waals surface area (Å²) in [5, 5.41) is 18.8. The van der Waals surface area contributed by atoms with Gasteiger partial charge in [-0.2, -0.15) is 5.26 Å². The molecule has 0 unspecified atom stereocenters. The van der Waals surface area contributed by atoms with Crippen molar-refractivity contribution in [2.45, 2.75) is 13.8 Å². The zero-order valence-electron chi connectivity index (χ0n) is 11.7. The molecule has 104 valence electrons. The summed E-state index contributed by atoms with van der Waals surface area (Å²) in [4.78, 5) is 4.01. The lowest BCUT2D eigenvalue weighted by atomic mass is 10.2. The van der Waals surface area contributed by atoms with Gasteiger partial charge in [-0.25, -0.2) is 10.0 Å². The first kappa shape index (κ1) is 15.5. The number of anilines is 1. The van der Waals surface area contributed by atoms with Gasteiger partial charge in [0.15, 0.2) is 5.82 Å². The molecule has 2 rings (SSSR count). The van der Waals surface area contributed by atoms with Crippen LogP contribution in [0.2, 0.25) is 0 Å². The van der Waals surface area contributed by atoms with E-state index in [9.17, 15) is 0 Å². The van der Waals surface area contributed by atoms with Crippen molar-refractivity contribution < 1.29 is 9.94 Å². The number of rotatable bonds is 3. The molecule has 0 aliphatic rings. The lowest BCUT2D eigenvalue weighted by Gasteiger charge is -2.10. The molecule has 0 amide bonds. The first-order chi connectivity index (χ1) is 9.69. The maximum absolute atomic E-state index is 9.16. The molecule has 1 aromatic carbocycles. The smallest absolute Gasteiger partial charge is 0.152 e. The molecule has 0 saturated carbocycles. The summed E-state index contributed by atoms with van der Waals surface area (Å²) in [5.41, 5.74) is 0.581. The molecular formula is C15H17N3O2. The Morgan fingerprint density at radius 2 is 1.70 bits per heavy atom. The van der Waals surface area contributed by atoms with Crippen LogP contribution in [0.3, 0.4) is 0 Å². The van der Waals surface area contributed by atoms with Gasteiger partial charge in [-0.15, -0.1) is 0 Å². The van der Waals surface area contributed by atoms with E-state index in [1.807, 2.05) is 19.9 Å². The van der Waals surface area contributed by atoms with E-state index in [4.69, 9.17) is 15.2 Å². The summed E-state index contributed by atoms with van der Waals surface area (Å²) < 4.78 is 5.54. The Morgan fingerprint density at radius 3 is 2.15 bits per heavy atom. The van der Waals surface area contributed by atoms with Gasteiger partial charge in [0.2, 0.25) is 0 Å². The van der Waals surface area contributed by atoms with Crippen LogP contribution in [-0.4, -0.2) is 17.2 Å². The second kappa shape index (κ2) is 7.77. The van der Waals surface area contributed by atoms with Gasteiger partial charge in [0.25, 0.3) is 0 Å². The fraction of sp³-hybridized carbons (Fsp3) is 0.200. The lowest BCUT2D eigenvalue weighted by Crippen LogP contribution is -2.11. The third-order valence-electron chi connectivity index (χ3n) is 2.27. The second-order valence-electron chi connectivity index (χ2n) is 3.61. The van der Waals surface area contributed by atoms with E-state index in [0.29, 0.717) is 22.9 Å². The molecule has 1 heterocycles. The highest BCUT2D eigenvalue weighted by atomic mass is 16.5. The van der Waals surface area contributed by atoms with Gasteiger partial charge in [-0.05, 0) is 36.4 Å². The number of hydrogen-bond acceptors (Lipinski definition) is 5. The van der Waals surface area contributed by atoms with Crippen molar-refractivity contribution in [1.82, 2.24) is 4.98 Å². The van der Waals surface area contributed by atoms with Crippen molar-refractivity contribution in [2.24, 2.45) is 0 Å². The van der Waals surface area contributed by atoms with E-state index in [-0.39, 0.29) is 0 Å². The minimum absolute atomic E-state index is 0.433. The Balaban J connectivity index is 0.000000956. The van der Waals surface area contributed by atoms with Crippen LogP contribution in [0.15, 0.2) is 42.6 Å². The fourth-order valence-corrected chi connectivity index (χ4v) is 1.36. The minimum atomic E-state index is 0.433. The maximum Gasteiger partial charge on any atom is 0.152 e. The first-order valence-electron chi connectivity index (χ1n) is 6.26. The quantitative estimate of drug-likeness (QED) is 0.864. The molecule has 5 heteroatoms. The van der Waals surface area contributed by atoms with E-state index in [2.05, 4.69) is 4.98 Å². The Labute approximate surface area is 118 Å². The number of nitrogens with zero attached hydrogens (tertiary/aromatic N) is 3. The van der Waals surface area contributed by atoms with Crippen LogP contribution in [0, 0.1) is 11.3 Å². The van der Waals surface area contributed by atoms with Gasteiger partial charge >= 0.3 is 0 Å². The third kappa shape index (κ3) is 4.26. The number of pyridine rings is 1. The highest BCUT2D eigenvalue weighted by Crippen LogP contribution is 2.22. The van der Waals surface area contributed by atoms with Crippen LogP contribution in [0.5, 0.6) is 11.5 Å². The van der Waals surface area contributed by atoms with E-state index in [0.717, 1.165) is 5.06 Å². The maximum atomic E-state index is 9.16. The van der Waals surface area contributed by atoms with Crippen molar-refractivity contribution in [3.05, 3.63) is 48.2 Å². The van der Waals surface area contributed by atoms with Crippen LogP contribution in [0.4, 0.5) is 5.82 Å². The van der Waals surface area contributed by atoms with Gasteiger partial charge in [0, 0.05) is 7.05 Å². The molecule has 0 atom stereocenters. The number of aromatic nitrogens is 1. The summed E-state index contributed by atoms with van der Waals surface area (Å²) in [6.07, 6.45) is 1.51. The molecular weight excluding hydrogens is 254 g/mol. The van der Waals surface area contributed by atoms with Crippen LogP contribution >= 0.6 is 0 Å². The second-order valence-corrected chi connectivity index (χ2v) is 3.61. The molecule has 1 N–H and O–H groups in total. The molecule has 0 aliphatic carbocycles. The van der Waals surface area contributed by atoms with Gasteiger partial charge in [0.05, 0.1) is 17.8 Å². The third-order valence-corrected chi connectivity index (χ3v) is 2.27. The van der Waals surface area contributed by atoms with E-state index in [1.165, 1.54) is 13.2 Å². The molecule has 20 heavy (non-hydrogen) atoms. The Hall–Kier alpha value is -2.58. The number of benzene rings is 1. The lowest BCUT2D eigenvalue weighted by molar-refractivity contribution is 0.276. The largest absolute Gasteiger partial charge is 0.456 e. The first-order valence-corrected chi connectivity index (χ1v) is 6.26. The Kier molecular flexibility index (Phi) is 6.01. The van der Waals surface area contributed by atoms with Crippen molar-refractivity contribution in [3.8, 4) is 17.6 Å². The van der Waals surface area contributed by atoms with E-state index < -0.39 is 0 Å². The van der Waals surface area contributed by atoms with Crippen LogP contribution in [-0.2, 0) is 0 Å². The molecule has 0 spiro atoms. The van der Waals surface area contributed by atoms with E-state index >= 15 is 0 Å². The summed E-state index contributed by atoms with van der Waals surface area (Å²) >= 11 is 0. The van der Waals surface area contributed by atoms with Crippen LogP contribution < -0.4 is 9.80 Å². The summed E-state index contributed by atoms with van der Waals surface area (Å²) in [6.45, 7) is 4.00. The molecule has 0 bridgehead atoms. The monoisotopic (exact) mass is 271 g/mol. The van der Waals surface area contributed by atoms with E-state index in [1.54, 1.807) is 36.4 Å². The van der Waals surface area contributed by atoms with Crippen LogP contribution in [0.25, 0.3) is 0 Å². The predicted octanol–water partition coefficient (Wildman–Crippen LogP) is 3.60. The molecule has 2 aromatic rings.